The highest BCUT2D eigenvalue weighted by Gasteiger charge is 2.31. The molecule has 0 bridgehead atoms. The van der Waals surface area contributed by atoms with E-state index < -0.39 is 0 Å². The van der Waals surface area contributed by atoms with Gasteiger partial charge in [0.25, 0.3) is 0 Å². The summed E-state index contributed by atoms with van der Waals surface area (Å²) in [7, 11) is 2.02. The second kappa shape index (κ2) is 5.38. The van der Waals surface area contributed by atoms with Gasteiger partial charge in [-0.15, -0.1) is 0 Å². The average Bonchev–Trinajstić information content (AvgIpc) is 2.74. The van der Waals surface area contributed by atoms with E-state index in [-0.39, 0.29) is 0 Å². The van der Waals surface area contributed by atoms with Crippen molar-refractivity contribution in [3.63, 3.8) is 0 Å². The molecule has 0 aromatic carbocycles. The molecule has 0 saturated carbocycles. The van der Waals surface area contributed by atoms with Crippen LogP contribution in [0.15, 0.2) is 12.3 Å². The number of rotatable bonds is 4. The molecule has 0 amide bonds. The molecule has 1 aromatic rings. The lowest BCUT2D eigenvalue weighted by molar-refractivity contribution is 0.0279. The Bertz CT molecular complexity index is 376. The van der Waals surface area contributed by atoms with Gasteiger partial charge in [-0.3, -0.25) is 14.5 Å². The largest absolute Gasteiger partial charge is 0.314 e. The Kier molecular flexibility index (Phi) is 3.63. The van der Waals surface area contributed by atoms with Crippen LogP contribution in [0.2, 0.25) is 0 Å². The van der Waals surface area contributed by atoms with Crippen LogP contribution in [0, 0.1) is 0 Å². The summed E-state index contributed by atoms with van der Waals surface area (Å²) in [5, 5.41) is 7.62. The van der Waals surface area contributed by atoms with E-state index in [1.54, 1.807) is 0 Å². The summed E-state index contributed by atoms with van der Waals surface area (Å²) < 4.78 is 1.98. The van der Waals surface area contributed by atoms with Gasteiger partial charge in [-0.05, 0) is 6.07 Å². The fourth-order valence-corrected chi connectivity index (χ4v) is 2.92. The summed E-state index contributed by atoms with van der Waals surface area (Å²) in [5.41, 5.74) is 1.33. The van der Waals surface area contributed by atoms with E-state index in [4.69, 9.17) is 0 Å². The molecule has 2 aliphatic heterocycles. The molecule has 100 valence electrons. The molecular formula is C13H23N5. The minimum atomic E-state index is 0.804. The van der Waals surface area contributed by atoms with E-state index in [1.165, 1.54) is 38.4 Å². The maximum absolute atomic E-state index is 4.21. The molecule has 2 aliphatic rings. The van der Waals surface area contributed by atoms with Gasteiger partial charge in [-0.1, -0.05) is 0 Å². The molecular weight excluding hydrogens is 226 g/mol. The lowest BCUT2D eigenvalue weighted by Crippen LogP contribution is -2.62. The van der Waals surface area contributed by atoms with Crippen LogP contribution in [0.1, 0.15) is 5.69 Å². The van der Waals surface area contributed by atoms with Gasteiger partial charge in [-0.25, -0.2) is 0 Å². The number of likely N-dealkylation sites (tertiary alicyclic amines) is 1. The van der Waals surface area contributed by atoms with E-state index >= 15 is 0 Å². The highest BCUT2D eigenvalue weighted by atomic mass is 15.3. The van der Waals surface area contributed by atoms with E-state index in [1.807, 2.05) is 17.9 Å². The topological polar surface area (TPSA) is 36.3 Å². The summed E-state index contributed by atoms with van der Waals surface area (Å²) in [6.45, 7) is 8.43. The first-order valence-electron chi connectivity index (χ1n) is 6.97. The van der Waals surface area contributed by atoms with Crippen molar-refractivity contribution < 1.29 is 0 Å². The smallest absolute Gasteiger partial charge is 0.0492 e. The summed E-state index contributed by atoms with van der Waals surface area (Å²) in [6.07, 6.45) is 3.00. The molecule has 0 aliphatic carbocycles. The van der Waals surface area contributed by atoms with E-state index in [2.05, 4.69) is 26.3 Å². The molecule has 2 fully saturated rings. The van der Waals surface area contributed by atoms with E-state index in [9.17, 15) is 0 Å². The van der Waals surface area contributed by atoms with E-state index in [0.29, 0.717) is 0 Å². The maximum atomic E-state index is 4.21. The lowest BCUT2D eigenvalue weighted by atomic mass is 10.1. The highest BCUT2D eigenvalue weighted by molar-refractivity contribution is 5.01. The van der Waals surface area contributed by atoms with E-state index in [0.717, 1.165) is 25.6 Å². The van der Waals surface area contributed by atoms with Crippen molar-refractivity contribution in [2.24, 2.45) is 7.05 Å². The Morgan fingerprint density at radius 2 is 2.11 bits per heavy atom. The SMILES string of the molecule is Cn1nccc1CCN1CC(N2CCNCC2)C1. The quantitative estimate of drug-likeness (QED) is 0.784. The van der Waals surface area contributed by atoms with Gasteiger partial charge in [0.1, 0.15) is 0 Å². The number of aryl methyl sites for hydroxylation is 1. The Morgan fingerprint density at radius 1 is 1.33 bits per heavy atom. The first kappa shape index (κ1) is 12.1. The molecule has 0 radical (unpaired) electrons. The molecule has 0 spiro atoms. The monoisotopic (exact) mass is 249 g/mol. The van der Waals surface area contributed by atoms with Gasteiger partial charge in [-0.2, -0.15) is 5.10 Å². The normalized spacial score (nSPS) is 23.2. The molecule has 5 heteroatoms. The van der Waals surface area contributed by atoms with Crippen LogP contribution in [-0.2, 0) is 13.5 Å². The number of nitrogens with zero attached hydrogens (tertiary/aromatic N) is 4. The van der Waals surface area contributed by atoms with Crippen molar-refractivity contribution in [1.29, 1.82) is 0 Å². The first-order chi connectivity index (χ1) is 8.83. The predicted octanol–water partition coefficient (Wildman–Crippen LogP) is -0.448. The highest BCUT2D eigenvalue weighted by Crippen LogP contribution is 2.15. The maximum Gasteiger partial charge on any atom is 0.0492 e. The zero-order valence-electron chi connectivity index (χ0n) is 11.2. The number of hydrogen-bond acceptors (Lipinski definition) is 4. The molecule has 0 atom stereocenters. The van der Waals surface area contributed by atoms with Crippen LogP contribution in [0.5, 0.6) is 0 Å². The average molecular weight is 249 g/mol. The predicted molar refractivity (Wildman–Crippen MR) is 71.6 cm³/mol. The Labute approximate surface area is 109 Å². The molecule has 3 heterocycles. The van der Waals surface area contributed by atoms with Crippen molar-refractivity contribution >= 4 is 0 Å². The Morgan fingerprint density at radius 3 is 2.78 bits per heavy atom. The fourth-order valence-electron chi connectivity index (χ4n) is 2.92. The van der Waals surface area contributed by atoms with Crippen molar-refractivity contribution in [3.8, 4) is 0 Å². The molecule has 5 nitrogen and oxygen atoms in total. The van der Waals surface area contributed by atoms with Gasteiger partial charge >= 0.3 is 0 Å². The third kappa shape index (κ3) is 2.58. The van der Waals surface area contributed by atoms with Crippen molar-refractivity contribution in [2.45, 2.75) is 12.5 Å². The molecule has 2 saturated heterocycles. The summed E-state index contributed by atoms with van der Waals surface area (Å²) in [5.74, 6) is 0. The zero-order valence-corrected chi connectivity index (χ0v) is 11.2. The fraction of sp³-hybridized carbons (Fsp3) is 0.769. The second-order valence-electron chi connectivity index (χ2n) is 5.40. The molecule has 18 heavy (non-hydrogen) atoms. The van der Waals surface area contributed by atoms with Crippen molar-refractivity contribution in [2.75, 3.05) is 45.8 Å². The number of aromatic nitrogens is 2. The number of piperazine rings is 1. The van der Waals surface area contributed by atoms with Crippen LogP contribution in [0.3, 0.4) is 0 Å². The minimum absolute atomic E-state index is 0.804. The van der Waals surface area contributed by atoms with Gasteiger partial charge in [0.2, 0.25) is 0 Å². The zero-order chi connectivity index (χ0) is 12.4. The molecule has 0 unspecified atom stereocenters. The minimum Gasteiger partial charge on any atom is -0.314 e. The second-order valence-corrected chi connectivity index (χ2v) is 5.40. The van der Waals surface area contributed by atoms with Crippen molar-refractivity contribution in [1.82, 2.24) is 24.9 Å². The van der Waals surface area contributed by atoms with Gasteiger partial charge < -0.3 is 5.32 Å². The van der Waals surface area contributed by atoms with Crippen LogP contribution < -0.4 is 5.32 Å². The van der Waals surface area contributed by atoms with Crippen LogP contribution in [0.25, 0.3) is 0 Å². The number of hydrogen-bond donors (Lipinski definition) is 1. The molecule has 3 rings (SSSR count). The summed E-state index contributed by atoms with van der Waals surface area (Å²) in [6, 6.07) is 2.92. The van der Waals surface area contributed by atoms with Crippen LogP contribution >= 0.6 is 0 Å². The third-order valence-corrected chi connectivity index (χ3v) is 4.21. The first-order valence-corrected chi connectivity index (χ1v) is 6.97. The Hall–Kier alpha value is -0.910. The van der Waals surface area contributed by atoms with Gasteiger partial charge in [0.15, 0.2) is 0 Å². The number of nitrogens with one attached hydrogen (secondary N) is 1. The van der Waals surface area contributed by atoms with Crippen molar-refractivity contribution in [3.05, 3.63) is 18.0 Å². The lowest BCUT2D eigenvalue weighted by Gasteiger charge is -2.46. The summed E-state index contributed by atoms with van der Waals surface area (Å²) >= 11 is 0. The standard InChI is InChI=1S/C13H23N5/c1-16-12(2-4-15-16)3-7-17-10-13(11-17)18-8-5-14-6-9-18/h2,4,13-14H,3,5-11H2,1H3. The van der Waals surface area contributed by atoms with Crippen LogP contribution in [0.4, 0.5) is 0 Å². The Balaban J connectivity index is 1.39. The van der Waals surface area contributed by atoms with Gasteiger partial charge in [0.05, 0.1) is 0 Å². The molecule has 1 N–H and O–H groups in total. The van der Waals surface area contributed by atoms with Crippen LogP contribution in [-0.4, -0.2) is 71.4 Å². The van der Waals surface area contributed by atoms with Gasteiger partial charge in [0, 0.05) is 77.2 Å². The molecule has 1 aromatic heterocycles. The summed E-state index contributed by atoms with van der Waals surface area (Å²) in [4.78, 5) is 5.19. The third-order valence-electron chi connectivity index (χ3n) is 4.21.